The topological polar surface area (TPSA) is 144 Å². The molecule has 0 saturated heterocycles. The van der Waals surface area contributed by atoms with Crippen LogP contribution in [0.2, 0.25) is 0 Å². The number of carboxylic acid groups (broad SMARTS) is 2. The predicted molar refractivity (Wildman–Crippen MR) is 26.0 cm³/mol. The van der Waals surface area contributed by atoms with Crippen LogP contribution in [0.25, 0.3) is 0 Å². The first-order valence-corrected chi connectivity index (χ1v) is 2.44. The van der Waals surface area contributed by atoms with Gasteiger partial charge in [0, 0.05) is 0 Å². The average Bonchev–Trinajstić information content (AvgIpc) is 1.85. The van der Waals surface area contributed by atoms with Gasteiger partial charge in [-0.05, 0) is 0 Å². The summed E-state index contributed by atoms with van der Waals surface area (Å²) in [4.78, 5) is 18.7. The summed E-state index contributed by atoms with van der Waals surface area (Å²) >= 11 is 0. The third-order valence-corrected chi connectivity index (χ3v) is 0.537. The van der Waals surface area contributed by atoms with E-state index in [2.05, 4.69) is 0 Å². The van der Waals surface area contributed by atoms with E-state index in [1.54, 1.807) is 0 Å². The first-order valence-electron chi connectivity index (χ1n) is 2.44. The molecule has 16 heavy (non-hydrogen) atoms. The molecule has 0 unspecified atom stereocenters. The maximum atomic E-state index is 11.5. The summed E-state index contributed by atoms with van der Waals surface area (Å²) in [5.41, 5.74) is 0. The van der Waals surface area contributed by atoms with Gasteiger partial charge < -0.3 is 25.3 Å². The third-order valence-electron chi connectivity index (χ3n) is 0.537. The van der Waals surface area contributed by atoms with Gasteiger partial charge >= 0.3 is 107 Å². The molecule has 0 aromatic carbocycles. The molecule has 0 aromatic heterocycles. The van der Waals surface area contributed by atoms with Crippen LogP contribution < -0.4 is 104 Å². The Morgan fingerprint density at radius 1 is 0.938 bits per heavy atom. The molecule has 0 aliphatic heterocycles. The molecule has 76 valence electrons. The third kappa shape index (κ3) is 18.1. The van der Waals surface area contributed by atoms with E-state index in [-0.39, 0.29) is 88.7 Å². The summed E-state index contributed by atoms with van der Waals surface area (Å²) in [7, 11) is -2.92. The van der Waals surface area contributed by atoms with Crippen molar-refractivity contribution in [1.82, 2.24) is 0 Å². The molecule has 0 fully saturated rings. The normalized spacial score (nSPS) is 7.81. The number of halogens is 2. The van der Waals surface area contributed by atoms with Crippen molar-refractivity contribution >= 4 is 19.3 Å². The second-order valence-corrected chi connectivity index (χ2v) is 1.47. The molecular formula is C3H2BF2Na3O7. The number of hydrogen-bond donors (Lipinski definition) is 2. The van der Waals surface area contributed by atoms with E-state index in [1.165, 1.54) is 0 Å². The molecule has 7 nitrogen and oxygen atoms in total. The number of rotatable bonds is 2. The molecule has 0 aromatic rings. The average molecular weight is 268 g/mol. The van der Waals surface area contributed by atoms with Gasteiger partial charge in [-0.2, -0.15) is 8.78 Å². The Bertz CT molecular complexity index is 185. The van der Waals surface area contributed by atoms with Crippen LogP contribution in [-0.4, -0.2) is 35.4 Å². The quantitative estimate of drug-likeness (QED) is 0.373. The smallest absolute Gasteiger partial charge is 0.907 e. The van der Waals surface area contributed by atoms with Crippen molar-refractivity contribution < 1.29 is 132 Å². The van der Waals surface area contributed by atoms with Gasteiger partial charge in [0.1, 0.15) is 0 Å². The van der Waals surface area contributed by atoms with Crippen LogP contribution in [0.5, 0.6) is 0 Å². The van der Waals surface area contributed by atoms with Gasteiger partial charge in [0.05, 0.1) is 0 Å². The van der Waals surface area contributed by atoms with E-state index in [0.29, 0.717) is 0 Å². The molecule has 0 amide bonds. The maximum absolute atomic E-state index is 11.5. The van der Waals surface area contributed by atoms with Gasteiger partial charge in [-0.3, -0.25) is 7.32 Å². The van der Waals surface area contributed by atoms with E-state index >= 15 is 0 Å². The van der Waals surface area contributed by atoms with Crippen molar-refractivity contribution in [3.8, 4) is 0 Å². The van der Waals surface area contributed by atoms with Crippen LogP contribution in [0.3, 0.4) is 0 Å². The minimum atomic E-state index is -4.67. The number of carbonyl (C=O) groups is 2. The van der Waals surface area contributed by atoms with Gasteiger partial charge in [-0.1, -0.05) is 0 Å². The van der Waals surface area contributed by atoms with E-state index in [4.69, 9.17) is 25.3 Å². The molecule has 13 heteroatoms. The van der Waals surface area contributed by atoms with E-state index < -0.39 is 25.2 Å². The fraction of sp³-hybridized carbons (Fsp3) is 0.333. The Balaban J connectivity index is -0.0000000511. The van der Waals surface area contributed by atoms with Crippen LogP contribution in [0.15, 0.2) is 0 Å². The molecule has 0 saturated carbocycles. The van der Waals surface area contributed by atoms with Crippen molar-refractivity contribution in [2.75, 3.05) is 0 Å². The van der Waals surface area contributed by atoms with Crippen LogP contribution in [-0.2, 0) is 9.59 Å². The van der Waals surface area contributed by atoms with Crippen LogP contribution in [0.1, 0.15) is 0 Å². The second-order valence-electron chi connectivity index (χ2n) is 1.47. The Morgan fingerprint density at radius 2 is 1.06 bits per heavy atom. The maximum Gasteiger partial charge on any atom is 1.00 e. The molecule has 0 atom stereocenters. The molecule has 0 heterocycles. The standard InChI is InChI=1S/C3H2F2O4.BO3.3Na/c4-3(5,1(6)7)2(8)9;2-1(3)4;;;/h(H,6,7)(H,8,9);;;;/q;-3;3*+1. The van der Waals surface area contributed by atoms with E-state index in [9.17, 15) is 18.4 Å². The van der Waals surface area contributed by atoms with Crippen molar-refractivity contribution in [3.63, 3.8) is 0 Å². The van der Waals surface area contributed by atoms with Crippen molar-refractivity contribution in [2.24, 2.45) is 0 Å². The van der Waals surface area contributed by atoms with E-state index in [0.717, 1.165) is 0 Å². The number of aliphatic carboxylic acids is 2. The molecule has 2 N–H and O–H groups in total. The molecule has 0 rings (SSSR count). The van der Waals surface area contributed by atoms with Crippen LogP contribution in [0.4, 0.5) is 8.78 Å². The van der Waals surface area contributed by atoms with Gasteiger partial charge in [0.2, 0.25) is 0 Å². The Labute approximate surface area is 155 Å². The summed E-state index contributed by atoms with van der Waals surface area (Å²) < 4.78 is 22.9. The van der Waals surface area contributed by atoms with Gasteiger partial charge in [0.15, 0.2) is 0 Å². The molecule has 0 spiro atoms. The predicted octanol–water partition coefficient (Wildman–Crippen LogP) is -13.1. The van der Waals surface area contributed by atoms with Gasteiger partial charge in [0.25, 0.3) is 0 Å². The molecule has 0 bridgehead atoms. The summed E-state index contributed by atoms with van der Waals surface area (Å²) in [5, 5.41) is 40.2. The molecular weight excluding hydrogens is 266 g/mol. The SMILES string of the molecule is O=C(O)C(F)(F)C(=O)O.[Na+].[Na+].[Na+].[O-]B([O-])[O-]. The summed E-state index contributed by atoms with van der Waals surface area (Å²) in [6.07, 6.45) is 0. The largest absolute Gasteiger partial charge is 1.00 e. The fourth-order valence-electron chi connectivity index (χ4n) is 0.0915. The zero-order chi connectivity index (χ0) is 11.2. The summed E-state index contributed by atoms with van der Waals surface area (Å²) in [6, 6.07) is 0. The number of hydrogen-bond acceptors (Lipinski definition) is 5. The molecule has 0 radical (unpaired) electrons. The van der Waals surface area contributed by atoms with Gasteiger partial charge in [-0.25, -0.2) is 9.59 Å². The second kappa shape index (κ2) is 14.8. The van der Waals surface area contributed by atoms with Crippen LogP contribution >= 0.6 is 0 Å². The molecule has 0 aliphatic carbocycles. The Morgan fingerprint density at radius 3 is 1.06 bits per heavy atom. The first kappa shape index (κ1) is 30.6. The molecule has 0 aliphatic rings. The van der Waals surface area contributed by atoms with Gasteiger partial charge in [-0.15, -0.1) is 0 Å². The first-order chi connectivity index (χ1) is 5.62. The number of carboxylic acids is 2. The summed E-state index contributed by atoms with van der Waals surface area (Å²) in [5.74, 6) is -9.98. The monoisotopic (exact) mass is 268 g/mol. The minimum Gasteiger partial charge on any atom is -0.907 e. The Hall–Kier alpha value is 1.74. The van der Waals surface area contributed by atoms with Crippen LogP contribution in [0, 0.1) is 0 Å². The van der Waals surface area contributed by atoms with Crippen molar-refractivity contribution in [3.05, 3.63) is 0 Å². The zero-order valence-corrected chi connectivity index (χ0v) is 14.8. The zero-order valence-electron chi connectivity index (χ0n) is 8.77. The van der Waals surface area contributed by atoms with E-state index in [1.807, 2.05) is 0 Å². The minimum absolute atomic E-state index is 0. The van der Waals surface area contributed by atoms with Crippen molar-refractivity contribution in [2.45, 2.75) is 5.92 Å². The Kier molecular flexibility index (Phi) is 28.3. The van der Waals surface area contributed by atoms with Crippen molar-refractivity contribution in [1.29, 1.82) is 0 Å². The number of alkyl halides is 2. The summed E-state index contributed by atoms with van der Waals surface area (Å²) in [6.45, 7) is 0. The fourth-order valence-corrected chi connectivity index (χ4v) is 0.0915.